The van der Waals surface area contributed by atoms with E-state index in [1.54, 1.807) is 5.57 Å². The van der Waals surface area contributed by atoms with E-state index in [-0.39, 0.29) is 0 Å². The summed E-state index contributed by atoms with van der Waals surface area (Å²) in [6.07, 6.45) is 3.81. The number of hydrogen-bond donors (Lipinski definition) is 0. The molecule has 0 saturated heterocycles. The van der Waals surface area contributed by atoms with E-state index in [1.165, 1.54) is 24.8 Å². The third kappa shape index (κ3) is 3.34. The van der Waals surface area contributed by atoms with Gasteiger partial charge in [-0.1, -0.05) is 31.4 Å². The monoisotopic (exact) mass is 126 g/mol. The lowest BCUT2D eigenvalue weighted by Gasteiger charge is -2.03. The molecule has 0 nitrogen and oxygen atoms in total. The summed E-state index contributed by atoms with van der Waals surface area (Å²) in [7, 11) is 0. The lowest BCUT2D eigenvalue weighted by molar-refractivity contribution is 0.842. The van der Waals surface area contributed by atoms with Gasteiger partial charge in [0.1, 0.15) is 0 Å². The molecule has 0 bridgehead atoms. The molecule has 0 aliphatic heterocycles. The van der Waals surface area contributed by atoms with Gasteiger partial charge in [0.2, 0.25) is 0 Å². The van der Waals surface area contributed by atoms with Crippen molar-refractivity contribution >= 4 is 0 Å². The van der Waals surface area contributed by atoms with E-state index in [9.17, 15) is 0 Å². The first-order chi connectivity index (χ1) is 4.22. The van der Waals surface area contributed by atoms with Crippen LogP contribution in [0.25, 0.3) is 0 Å². The van der Waals surface area contributed by atoms with Gasteiger partial charge in [0, 0.05) is 0 Å². The van der Waals surface area contributed by atoms with Crippen LogP contribution < -0.4 is 0 Å². The summed E-state index contributed by atoms with van der Waals surface area (Å²) in [5, 5.41) is 0. The molecule has 0 spiro atoms. The molecule has 0 heteroatoms. The van der Waals surface area contributed by atoms with Crippen LogP contribution in [0.1, 0.15) is 47.0 Å². The molecule has 0 heterocycles. The zero-order valence-electron chi connectivity index (χ0n) is 7.12. The van der Waals surface area contributed by atoms with Crippen LogP contribution in [0.5, 0.6) is 0 Å². The largest absolute Gasteiger partial charge is 0.0772 e. The van der Waals surface area contributed by atoms with Crippen molar-refractivity contribution in [1.82, 2.24) is 0 Å². The van der Waals surface area contributed by atoms with Gasteiger partial charge in [-0.2, -0.15) is 0 Å². The molecule has 0 aliphatic rings. The van der Waals surface area contributed by atoms with E-state index in [0.29, 0.717) is 0 Å². The SMILES string of the molecule is CCCC(CC)=C(C)C. The van der Waals surface area contributed by atoms with Crippen LogP contribution in [0, 0.1) is 0 Å². The lowest BCUT2D eigenvalue weighted by atomic mass is 10.0. The summed E-state index contributed by atoms with van der Waals surface area (Å²) in [4.78, 5) is 0. The molecule has 54 valence electrons. The molecule has 0 aliphatic carbocycles. The van der Waals surface area contributed by atoms with Crippen LogP contribution in [-0.4, -0.2) is 0 Å². The van der Waals surface area contributed by atoms with Gasteiger partial charge in [-0.05, 0) is 26.7 Å². The topological polar surface area (TPSA) is 0 Å². The summed E-state index contributed by atoms with van der Waals surface area (Å²) in [6.45, 7) is 8.87. The first kappa shape index (κ1) is 8.74. The Balaban J connectivity index is 3.83. The van der Waals surface area contributed by atoms with Crippen molar-refractivity contribution in [3.8, 4) is 0 Å². The minimum Gasteiger partial charge on any atom is -0.0772 e. The van der Waals surface area contributed by atoms with E-state index in [4.69, 9.17) is 0 Å². The molecular formula is C9H18. The molecule has 0 amide bonds. The maximum Gasteiger partial charge on any atom is -0.0321 e. The van der Waals surface area contributed by atoms with Gasteiger partial charge in [-0.15, -0.1) is 0 Å². The van der Waals surface area contributed by atoms with Gasteiger partial charge in [-0.25, -0.2) is 0 Å². The minimum absolute atomic E-state index is 1.23. The van der Waals surface area contributed by atoms with E-state index in [2.05, 4.69) is 27.7 Å². The first-order valence-corrected chi connectivity index (χ1v) is 3.87. The Bertz CT molecular complexity index is 94.6. The molecule has 0 saturated carbocycles. The summed E-state index contributed by atoms with van der Waals surface area (Å²) < 4.78 is 0. The van der Waals surface area contributed by atoms with Crippen molar-refractivity contribution in [3.63, 3.8) is 0 Å². The van der Waals surface area contributed by atoms with Crippen molar-refractivity contribution in [2.45, 2.75) is 47.0 Å². The molecule has 0 atom stereocenters. The molecule has 9 heavy (non-hydrogen) atoms. The first-order valence-electron chi connectivity index (χ1n) is 3.87. The minimum atomic E-state index is 1.23. The molecule has 0 radical (unpaired) electrons. The standard InChI is InChI=1S/C9H18/c1-5-7-9(6-2)8(3)4/h5-7H2,1-4H3. The van der Waals surface area contributed by atoms with Crippen molar-refractivity contribution in [1.29, 1.82) is 0 Å². The van der Waals surface area contributed by atoms with Crippen molar-refractivity contribution in [2.24, 2.45) is 0 Å². The Labute approximate surface area is 59.0 Å². The highest BCUT2D eigenvalue weighted by Gasteiger charge is 1.92. The Kier molecular flexibility index (Phi) is 4.47. The molecular weight excluding hydrogens is 108 g/mol. The van der Waals surface area contributed by atoms with Crippen LogP contribution in [0.3, 0.4) is 0 Å². The van der Waals surface area contributed by atoms with E-state index < -0.39 is 0 Å². The van der Waals surface area contributed by atoms with Gasteiger partial charge in [-0.3, -0.25) is 0 Å². The Morgan fingerprint density at radius 1 is 1.11 bits per heavy atom. The average Bonchev–Trinajstić information content (AvgIpc) is 1.82. The third-order valence-corrected chi connectivity index (χ3v) is 1.69. The highest BCUT2D eigenvalue weighted by Crippen LogP contribution is 2.13. The van der Waals surface area contributed by atoms with Crippen LogP contribution in [0.15, 0.2) is 11.1 Å². The molecule has 0 rings (SSSR count). The van der Waals surface area contributed by atoms with Crippen LogP contribution >= 0.6 is 0 Å². The number of hydrogen-bond acceptors (Lipinski definition) is 0. The maximum atomic E-state index is 2.23. The van der Waals surface area contributed by atoms with Gasteiger partial charge in [0.15, 0.2) is 0 Å². The summed E-state index contributed by atoms with van der Waals surface area (Å²) in [5.74, 6) is 0. The number of rotatable bonds is 3. The molecule has 0 fully saturated rings. The van der Waals surface area contributed by atoms with Crippen molar-refractivity contribution in [3.05, 3.63) is 11.1 Å². The Hall–Kier alpha value is -0.260. The van der Waals surface area contributed by atoms with E-state index in [1.807, 2.05) is 0 Å². The molecule has 0 unspecified atom stereocenters. The predicted molar refractivity (Wildman–Crippen MR) is 43.6 cm³/mol. The van der Waals surface area contributed by atoms with Crippen molar-refractivity contribution < 1.29 is 0 Å². The highest BCUT2D eigenvalue weighted by atomic mass is 14.0. The average molecular weight is 126 g/mol. The molecule has 0 aromatic carbocycles. The fourth-order valence-corrected chi connectivity index (χ4v) is 1.08. The van der Waals surface area contributed by atoms with Crippen LogP contribution in [0.4, 0.5) is 0 Å². The summed E-state index contributed by atoms with van der Waals surface area (Å²) in [6, 6.07) is 0. The molecule has 0 N–H and O–H groups in total. The number of allylic oxidation sites excluding steroid dienone is 2. The predicted octanol–water partition coefficient (Wildman–Crippen LogP) is 3.53. The van der Waals surface area contributed by atoms with Gasteiger partial charge < -0.3 is 0 Å². The second-order valence-corrected chi connectivity index (χ2v) is 2.71. The Morgan fingerprint density at radius 3 is 1.78 bits per heavy atom. The zero-order valence-corrected chi connectivity index (χ0v) is 7.12. The van der Waals surface area contributed by atoms with Gasteiger partial charge in [0.25, 0.3) is 0 Å². The smallest absolute Gasteiger partial charge is 0.0321 e. The fraction of sp³-hybridized carbons (Fsp3) is 0.778. The molecule has 0 aromatic heterocycles. The quantitative estimate of drug-likeness (QED) is 0.507. The highest BCUT2D eigenvalue weighted by molar-refractivity contribution is 5.08. The second-order valence-electron chi connectivity index (χ2n) is 2.71. The maximum absolute atomic E-state index is 2.23. The van der Waals surface area contributed by atoms with Crippen LogP contribution in [0.2, 0.25) is 0 Å². The van der Waals surface area contributed by atoms with Crippen molar-refractivity contribution in [2.75, 3.05) is 0 Å². The van der Waals surface area contributed by atoms with E-state index in [0.717, 1.165) is 0 Å². The fourth-order valence-electron chi connectivity index (χ4n) is 1.08. The van der Waals surface area contributed by atoms with E-state index >= 15 is 0 Å². The molecule has 0 aromatic rings. The second kappa shape index (κ2) is 4.60. The van der Waals surface area contributed by atoms with Gasteiger partial charge >= 0.3 is 0 Å². The van der Waals surface area contributed by atoms with Gasteiger partial charge in [0.05, 0.1) is 0 Å². The lowest BCUT2D eigenvalue weighted by Crippen LogP contribution is -1.82. The summed E-state index contributed by atoms with van der Waals surface area (Å²) in [5.41, 5.74) is 3.15. The zero-order chi connectivity index (χ0) is 7.28. The normalized spacial score (nSPS) is 9.33. The Morgan fingerprint density at radius 2 is 1.67 bits per heavy atom. The third-order valence-electron chi connectivity index (χ3n) is 1.69. The van der Waals surface area contributed by atoms with Crippen LogP contribution in [-0.2, 0) is 0 Å². The summed E-state index contributed by atoms with van der Waals surface area (Å²) >= 11 is 0.